The van der Waals surface area contributed by atoms with Gasteiger partial charge in [0.1, 0.15) is 14.3 Å². The molecule has 0 atom stereocenters. The lowest BCUT2D eigenvalue weighted by atomic mass is 10.2. The van der Waals surface area contributed by atoms with Gasteiger partial charge in [0, 0.05) is 33.5 Å². The molecule has 0 fully saturated rings. The van der Waals surface area contributed by atoms with Crippen molar-refractivity contribution >= 4 is 35.5 Å². The van der Waals surface area contributed by atoms with Crippen LogP contribution in [0.3, 0.4) is 0 Å². The van der Waals surface area contributed by atoms with E-state index in [9.17, 15) is 0 Å². The van der Waals surface area contributed by atoms with Gasteiger partial charge in [-0.05, 0) is 57.6 Å². The van der Waals surface area contributed by atoms with Crippen molar-refractivity contribution in [2.75, 3.05) is 26.4 Å². The summed E-state index contributed by atoms with van der Waals surface area (Å²) < 4.78 is 54.6. The summed E-state index contributed by atoms with van der Waals surface area (Å²) in [6.07, 6.45) is 0.822. The average Bonchev–Trinajstić information content (AvgIpc) is 3.21. The summed E-state index contributed by atoms with van der Waals surface area (Å²) in [5.41, 5.74) is 5.85. The Kier molecular flexibility index (Phi) is 12.8. The quantitative estimate of drug-likeness (QED) is 0.168. The van der Waals surface area contributed by atoms with Crippen molar-refractivity contribution in [3.63, 3.8) is 0 Å². The second kappa shape index (κ2) is 18.3. The third-order valence-electron chi connectivity index (χ3n) is 9.63. The second-order valence-electron chi connectivity index (χ2n) is 13.7. The molecule has 1 aliphatic heterocycles. The van der Waals surface area contributed by atoms with Crippen molar-refractivity contribution in [2.24, 2.45) is 0 Å². The Bertz CT molecular complexity index is 1950. The number of rotatable bonds is 4. The number of hydrogen-bond acceptors (Lipinski definition) is 6. The molecule has 0 amide bonds. The first-order valence-corrected chi connectivity index (χ1v) is 22.2. The Hall–Kier alpha value is -4.38. The van der Waals surface area contributed by atoms with Gasteiger partial charge in [-0.1, -0.05) is 133 Å². The Morgan fingerprint density at radius 1 is 0.352 bits per heavy atom. The first-order chi connectivity index (χ1) is 26.5. The third-order valence-corrected chi connectivity index (χ3v) is 15.7. The van der Waals surface area contributed by atoms with E-state index in [4.69, 9.17) is 18.9 Å². The molecule has 0 unspecified atom stereocenters. The van der Waals surface area contributed by atoms with E-state index in [0.717, 1.165) is 54.6 Å². The number of hydrogen-bond donors (Lipinski definition) is 0. The molecular formula is C46H46O6P2. The Labute approximate surface area is 318 Å². The van der Waals surface area contributed by atoms with Gasteiger partial charge in [0.25, 0.3) is 0 Å². The van der Waals surface area contributed by atoms with Crippen molar-refractivity contribution in [1.82, 2.24) is 0 Å². The number of benzene rings is 6. The lowest BCUT2D eigenvalue weighted by Gasteiger charge is -2.21. The predicted octanol–water partition coefficient (Wildman–Crippen LogP) is 8.50. The minimum atomic E-state index is -3.08. The molecular weight excluding hydrogens is 710 g/mol. The fraction of sp³-hybridized carbons (Fsp3) is 0.217. The molecule has 6 aromatic carbocycles. The standard InChI is InChI=1S/C46H46O6P2/c47-53(35-37-11-3-1-4-12-37)43-19-7-15-39(27-43)31-49-23-25-51-33-41-17-9-21-45(29-41)54(48,36-38-13-5-2-6-14-38)46-22-10-18-42(30-46)34-52-26-24-50-32-40-16-8-20-44(53)28-40/h1-22,27-30H,23-26,31-36H2. The highest BCUT2D eigenvalue weighted by Gasteiger charge is 2.30. The van der Waals surface area contributed by atoms with Crippen LogP contribution >= 0.6 is 14.3 Å². The van der Waals surface area contributed by atoms with E-state index in [1.807, 2.05) is 158 Å². The van der Waals surface area contributed by atoms with Gasteiger partial charge in [0.15, 0.2) is 0 Å². The lowest BCUT2D eigenvalue weighted by Crippen LogP contribution is -2.19. The maximum atomic E-state index is 15.2. The van der Waals surface area contributed by atoms with Gasteiger partial charge in [-0.3, -0.25) is 0 Å². The molecule has 8 heteroatoms. The molecule has 0 radical (unpaired) electrons. The van der Waals surface area contributed by atoms with E-state index in [1.54, 1.807) is 0 Å². The monoisotopic (exact) mass is 756 g/mol. The number of ether oxygens (including phenoxy) is 4. The molecule has 1 aliphatic rings. The van der Waals surface area contributed by atoms with Gasteiger partial charge in [-0.2, -0.15) is 0 Å². The van der Waals surface area contributed by atoms with Crippen molar-refractivity contribution in [3.05, 3.63) is 191 Å². The summed E-state index contributed by atoms with van der Waals surface area (Å²) in [5, 5.41) is 3.19. The average molecular weight is 757 g/mol. The molecule has 0 saturated carbocycles. The van der Waals surface area contributed by atoms with Gasteiger partial charge < -0.3 is 28.1 Å². The van der Waals surface area contributed by atoms with Crippen LogP contribution in [-0.4, -0.2) is 26.4 Å². The molecule has 0 spiro atoms. The topological polar surface area (TPSA) is 71.1 Å². The summed E-state index contributed by atoms with van der Waals surface area (Å²) in [6, 6.07) is 51.9. The van der Waals surface area contributed by atoms with Crippen LogP contribution in [0.4, 0.5) is 0 Å². The zero-order valence-corrected chi connectivity index (χ0v) is 32.2. The van der Waals surface area contributed by atoms with Crippen molar-refractivity contribution in [1.29, 1.82) is 0 Å². The molecule has 6 nitrogen and oxygen atoms in total. The van der Waals surface area contributed by atoms with Crippen LogP contribution in [0.2, 0.25) is 0 Å². The van der Waals surface area contributed by atoms with E-state index >= 15 is 9.13 Å². The molecule has 0 saturated heterocycles. The summed E-state index contributed by atoms with van der Waals surface area (Å²) in [7, 11) is -6.15. The Morgan fingerprint density at radius 2 is 0.630 bits per heavy atom. The van der Waals surface area contributed by atoms with Crippen LogP contribution < -0.4 is 21.2 Å². The molecule has 0 aromatic heterocycles. The largest absolute Gasteiger partial charge is 0.374 e. The van der Waals surface area contributed by atoms with Gasteiger partial charge in [-0.15, -0.1) is 0 Å². The zero-order chi connectivity index (χ0) is 37.1. The molecule has 0 N–H and O–H groups in total. The van der Waals surface area contributed by atoms with E-state index < -0.39 is 14.3 Å². The first kappa shape index (κ1) is 37.9. The summed E-state index contributed by atoms with van der Waals surface area (Å²) in [6.45, 7) is 3.07. The smallest absolute Gasteiger partial charge is 0.147 e. The van der Waals surface area contributed by atoms with Gasteiger partial charge in [0.05, 0.1) is 52.9 Å². The van der Waals surface area contributed by atoms with Crippen LogP contribution in [0.25, 0.3) is 0 Å². The minimum Gasteiger partial charge on any atom is -0.374 e. The summed E-state index contributed by atoms with van der Waals surface area (Å²) in [5.74, 6) is 0. The number of fused-ring (bicyclic) bond motifs is 8. The van der Waals surface area contributed by atoms with Gasteiger partial charge >= 0.3 is 0 Å². The van der Waals surface area contributed by atoms with Gasteiger partial charge in [0.2, 0.25) is 0 Å². The predicted molar refractivity (Wildman–Crippen MR) is 218 cm³/mol. The molecule has 8 bridgehead atoms. The van der Waals surface area contributed by atoms with Crippen LogP contribution in [0.1, 0.15) is 33.4 Å². The first-order valence-electron chi connectivity index (χ1n) is 18.4. The fourth-order valence-electron chi connectivity index (χ4n) is 6.82. The highest BCUT2D eigenvalue weighted by atomic mass is 31.2. The van der Waals surface area contributed by atoms with Crippen LogP contribution in [0, 0.1) is 0 Å². The van der Waals surface area contributed by atoms with Crippen molar-refractivity contribution in [2.45, 2.75) is 38.8 Å². The minimum absolute atomic E-state index is 0.371. The van der Waals surface area contributed by atoms with E-state index in [-0.39, 0.29) is 0 Å². The molecule has 7 rings (SSSR count). The molecule has 0 aliphatic carbocycles. The maximum Gasteiger partial charge on any atom is 0.147 e. The van der Waals surface area contributed by atoms with E-state index in [1.165, 1.54) is 0 Å². The van der Waals surface area contributed by atoms with E-state index in [2.05, 4.69) is 0 Å². The third kappa shape index (κ3) is 9.64. The SMILES string of the molecule is O=P1(Cc2ccccc2)c2cccc(c2)COCCOCc2cccc(c2)P(=O)(Cc2ccccc2)c2cccc(c2)COCCOCc2cccc1c2. The molecule has 276 valence electrons. The molecule has 1 heterocycles. The maximum absolute atomic E-state index is 15.2. The summed E-state index contributed by atoms with van der Waals surface area (Å²) >= 11 is 0. The normalized spacial score (nSPS) is 20.1. The zero-order valence-electron chi connectivity index (χ0n) is 30.4. The van der Waals surface area contributed by atoms with Gasteiger partial charge in [-0.25, -0.2) is 0 Å². The Balaban J connectivity index is 1.15. The highest BCUT2D eigenvalue weighted by molar-refractivity contribution is 7.78. The van der Waals surface area contributed by atoms with E-state index in [0.29, 0.717) is 65.2 Å². The van der Waals surface area contributed by atoms with Crippen LogP contribution in [0.5, 0.6) is 0 Å². The molecule has 6 aromatic rings. The molecule has 54 heavy (non-hydrogen) atoms. The summed E-state index contributed by atoms with van der Waals surface area (Å²) in [4.78, 5) is 0. The Morgan fingerprint density at radius 3 is 0.907 bits per heavy atom. The fourth-order valence-corrected chi connectivity index (χ4v) is 12.4. The van der Waals surface area contributed by atoms with Crippen LogP contribution in [-0.2, 0) is 66.8 Å². The van der Waals surface area contributed by atoms with Crippen molar-refractivity contribution in [3.8, 4) is 0 Å². The second-order valence-corrected chi connectivity index (χ2v) is 19.3. The lowest BCUT2D eigenvalue weighted by molar-refractivity contribution is 0.0339. The highest BCUT2D eigenvalue weighted by Crippen LogP contribution is 2.48. The van der Waals surface area contributed by atoms with Crippen molar-refractivity contribution < 1.29 is 28.1 Å². The van der Waals surface area contributed by atoms with Crippen LogP contribution in [0.15, 0.2) is 158 Å².